The highest BCUT2D eigenvalue weighted by Gasteiger charge is 2.30. The Kier molecular flexibility index (Phi) is 5.82. The van der Waals surface area contributed by atoms with Crippen LogP contribution < -0.4 is 5.32 Å². The quantitative estimate of drug-likeness (QED) is 0.524. The summed E-state index contributed by atoms with van der Waals surface area (Å²) in [6.45, 7) is 0.0894. The number of ether oxygens (including phenoxy) is 1. The normalized spacial score (nSPS) is 13.2. The zero-order valence-corrected chi connectivity index (χ0v) is 17.2. The van der Waals surface area contributed by atoms with Crippen molar-refractivity contribution in [1.29, 1.82) is 0 Å². The van der Waals surface area contributed by atoms with Crippen molar-refractivity contribution in [1.82, 2.24) is 5.32 Å². The summed E-state index contributed by atoms with van der Waals surface area (Å²) in [6, 6.07) is 18.9. The number of nitrogens with one attached hydrogen (secondary N) is 1. The molecule has 3 aromatic rings. The number of alkyl carbamates (subject to hydrolysis) is 1. The predicted octanol–water partition coefficient (Wildman–Crippen LogP) is 4.58. The molecule has 3 aromatic carbocycles. The molecule has 1 aliphatic carbocycles. The summed E-state index contributed by atoms with van der Waals surface area (Å²) in [6.07, 6.45) is -0.859. The van der Waals surface area contributed by atoms with Gasteiger partial charge in [0, 0.05) is 17.4 Å². The van der Waals surface area contributed by atoms with Crippen LogP contribution in [-0.4, -0.2) is 34.9 Å². The topological polar surface area (TPSA) is 95.9 Å². The summed E-state index contributed by atoms with van der Waals surface area (Å²) < 4.78 is 5.42. The minimum atomic E-state index is -1.22. The van der Waals surface area contributed by atoms with Gasteiger partial charge in [0.2, 0.25) is 0 Å². The van der Waals surface area contributed by atoms with Crippen LogP contribution in [0.15, 0.2) is 66.7 Å². The number of phenolic OH excluding ortho intramolecular Hbond substituents is 1. The highest BCUT2D eigenvalue weighted by molar-refractivity contribution is 6.31. The summed E-state index contributed by atoms with van der Waals surface area (Å²) >= 11 is 6.06. The largest absolute Gasteiger partial charge is 0.508 e. The van der Waals surface area contributed by atoms with Gasteiger partial charge in [-0.05, 0) is 39.9 Å². The number of benzene rings is 3. The van der Waals surface area contributed by atoms with Gasteiger partial charge in [0.25, 0.3) is 0 Å². The number of amides is 1. The van der Waals surface area contributed by atoms with Gasteiger partial charge in [0.05, 0.1) is 0 Å². The number of carboxylic acid groups (broad SMARTS) is 1. The summed E-state index contributed by atoms with van der Waals surface area (Å²) in [5, 5.41) is 21.6. The average Bonchev–Trinajstić information content (AvgIpc) is 3.07. The predicted molar refractivity (Wildman–Crippen MR) is 116 cm³/mol. The van der Waals surface area contributed by atoms with Gasteiger partial charge in [-0.3, -0.25) is 0 Å². The van der Waals surface area contributed by atoms with Gasteiger partial charge < -0.3 is 20.3 Å². The Balaban J connectivity index is 1.44. The zero-order valence-electron chi connectivity index (χ0n) is 16.4. The van der Waals surface area contributed by atoms with E-state index in [4.69, 9.17) is 16.3 Å². The SMILES string of the molecule is O=C(N[C@H](Cc1ccc(O)cc1Cl)C(=O)O)OCC1c2ccccc2-c2ccccc21. The third kappa shape index (κ3) is 4.34. The van der Waals surface area contributed by atoms with E-state index in [9.17, 15) is 19.8 Å². The lowest BCUT2D eigenvalue weighted by atomic mass is 9.98. The maximum Gasteiger partial charge on any atom is 0.407 e. The molecule has 0 aliphatic heterocycles. The number of fused-ring (bicyclic) bond motifs is 3. The van der Waals surface area contributed by atoms with Crippen molar-refractivity contribution in [3.63, 3.8) is 0 Å². The molecular formula is C24H20ClNO5. The minimum absolute atomic E-state index is 0.0230. The Hall–Kier alpha value is -3.51. The number of aliphatic carboxylic acids is 1. The molecule has 0 saturated heterocycles. The lowest BCUT2D eigenvalue weighted by Gasteiger charge is -2.18. The number of hydrogen-bond donors (Lipinski definition) is 3. The Morgan fingerprint density at radius 2 is 1.61 bits per heavy atom. The fourth-order valence-electron chi connectivity index (χ4n) is 3.90. The summed E-state index contributed by atoms with van der Waals surface area (Å²) in [5.41, 5.74) is 4.85. The molecule has 6 nitrogen and oxygen atoms in total. The first-order chi connectivity index (χ1) is 14.9. The van der Waals surface area contributed by atoms with Gasteiger partial charge >= 0.3 is 12.1 Å². The number of halogens is 1. The van der Waals surface area contributed by atoms with Crippen LogP contribution in [0.3, 0.4) is 0 Å². The van der Waals surface area contributed by atoms with E-state index >= 15 is 0 Å². The maximum absolute atomic E-state index is 12.4. The van der Waals surface area contributed by atoms with Gasteiger partial charge in [0.1, 0.15) is 18.4 Å². The molecule has 1 atom stereocenters. The fourth-order valence-corrected chi connectivity index (χ4v) is 4.16. The molecular weight excluding hydrogens is 418 g/mol. The number of carbonyl (C=O) groups excluding carboxylic acids is 1. The number of carboxylic acids is 1. The lowest BCUT2D eigenvalue weighted by Crippen LogP contribution is -2.43. The molecule has 0 unspecified atom stereocenters. The fraction of sp³-hybridized carbons (Fsp3) is 0.167. The van der Waals surface area contributed by atoms with Crippen molar-refractivity contribution < 1.29 is 24.5 Å². The van der Waals surface area contributed by atoms with Crippen molar-refractivity contribution in [2.45, 2.75) is 18.4 Å². The molecule has 0 spiro atoms. The number of hydrogen-bond acceptors (Lipinski definition) is 4. The molecule has 158 valence electrons. The second-order valence-electron chi connectivity index (χ2n) is 7.34. The molecule has 0 bridgehead atoms. The zero-order chi connectivity index (χ0) is 22.0. The van der Waals surface area contributed by atoms with Crippen LogP contribution in [0.25, 0.3) is 11.1 Å². The van der Waals surface area contributed by atoms with E-state index in [1.165, 1.54) is 18.2 Å². The van der Waals surface area contributed by atoms with Crippen LogP contribution >= 0.6 is 11.6 Å². The summed E-state index contributed by atoms with van der Waals surface area (Å²) in [4.78, 5) is 24.0. The molecule has 1 amide bonds. The van der Waals surface area contributed by atoms with E-state index in [2.05, 4.69) is 5.32 Å². The third-order valence-electron chi connectivity index (χ3n) is 5.39. The molecule has 0 heterocycles. The lowest BCUT2D eigenvalue weighted by molar-refractivity contribution is -0.139. The highest BCUT2D eigenvalue weighted by Crippen LogP contribution is 2.44. The maximum atomic E-state index is 12.4. The summed E-state index contributed by atoms with van der Waals surface area (Å²) in [7, 11) is 0. The van der Waals surface area contributed by atoms with E-state index < -0.39 is 18.1 Å². The smallest absolute Gasteiger partial charge is 0.407 e. The summed E-state index contributed by atoms with van der Waals surface area (Å²) in [5.74, 6) is -1.35. The first-order valence-electron chi connectivity index (χ1n) is 9.75. The average molecular weight is 438 g/mol. The molecule has 31 heavy (non-hydrogen) atoms. The van der Waals surface area contributed by atoms with Crippen molar-refractivity contribution in [2.75, 3.05) is 6.61 Å². The van der Waals surface area contributed by atoms with E-state index in [0.717, 1.165) is 22.3 Å². The van der Waals surface area contributed by atoms with E-state index in [0.29, 0.717) is 5.56 Å². The Bertz CT molecular complexity index is 1100. The second kappa shape index (κ2) is 8.70. The number of phenols is 1. The first kappa shape index (κ1) is 20.8. The Morgan fingerprint density at radius 1 is 1.00 bits per heavy atom. The van der Waals surface area contributed by atoms with E-state index in [1.807, 2.05) is 48.5 Å². The van der Waals surface area contributed by atoms with E-state index in [1.54, 1.807) is 0 Å². The Morgan fingerprint density at radius 3 is 2.19 bits per heavy atom. The minimum Gasteiger partial charge on any atom is -0.508 e. The number of carbonyl (C=O) groups is 2. The standard InChI is InChI=1S/C24H20ClNO5/c25-21-12-15(27)10-9-14(21)11-22(23(28)29)26-24(30)31-13-20-18-7-3-1-5-16(18)17-6-2-4-8-19(17)20/h1-10,12,20,22,27H,11,13H2,(H,26,30)(H,28,29)/t22-/m1/s1. The Labute approximate surface area is 184 Å². The second-order valence-corrected chi connectivity index (χ2v) is 7.75. The first-order valence-corrected chi connectivity index (χ1v) is 10.1. The van der Waals surface area contributed by atoms with Crippen molar-refractivity contribution in [3.8, 4) is 16.9 Å². The number of rotatable bonds is 6. The van der Waals surface area contributed by atoms with Gasteiger partial charge in [-0.2, -0.15) is 0 Å². The van der Waals surface area contributed by atoms with Gasteiger partial charge in [-0.15, -0.1) is 0 Å². The molecule has 0 aromatic heterocycles. The van der Waals surface area contributed by atoms with Crippen LogP contribution in [0.1, 0.15) is 22.6 Å². The van der Waals surface area contributed by atoms with Crippen molar-refractivity contribution in [2.24, 2.45) is 0 Å². The van der Waals surface area contributed by atoms with Crippen LogP contribution in [0.5, 0.6) is 5.75 Å². The molecule has 7 heteroatoms. The van der Waals surface area contributed by atoms with Crippen molar-refractivity contribution >= 4 is 23.7 Å². The van der Waals surface area contributed by atoms with E-state index in [-0.39, 0.29) is 29.7 Å². The molecule has 4 rings (SSSR count). The molecule has 0 saturated carbocycles. The number of aromatic hydroxyl groups is 1. The van der Waals surface area contributed by atoms with Crippen LogP contribution in [0.2, 0.25) is 5.02 Å². The molecule has 3 N–H and O–H groups in total. The molecule has 1 aliphatic rings. The monoisotopic (exact) mass is 437 g/mol. The van der Waals surface area contributed by atoms with Gasteiger partial charge in [-0.25, -0.2) is 9.59 Å². The van der Waals surface area contributed by atoms with Crippen LogP contribution in [0, 0.1) is 0 Å². The van der Waals surface area contributed by atoms with Crippen molar-refractivity contribution in [3.05, 3.63) is 88.4 Å². The van der Waals surface area contributed by atoms with Crippen LogP contribution in [0.4, 0.5) is 4.79 Å². The highest BCUT2D eigenvalue weighted by atomic mass is 35.5. The van der Waals surface area contributed by atoms with Gasteiger partial charge in [0.15, 0.2) is 0 Å². The third-order valence-corrected chi connectivity index (χ3v) is 5.75. The van der Waals surface area contributed by atoms with Gasteiger partial charge in [-0.1, -0.05) is 66.2 Å². The van der Waals surface area contributed by atoms with Crippen LogP contribution in [-0.2, 0) is 16.0 Å². The molecule has 0 fully saturated rings. The molecule has 0 radical (unpaired) electrons.